The van der Waals surface area contributed by atoms with Gasteiger partial charge in [0.1, 0.15) is 6.10 Å². The monoisotopic (exact) mass is 392 g/mol. The number of aliphatic imine (C=N–C) groups is 1. The number of aromatic nitrogens is 1. The highest BCUT2D eigenvalue weighted by atomic mass is 32.1. The zero-order valence-corrected chi connectivity index (χ0v) is 15.4. The van der Waals surface area contributed by atoms with E-state index in [0.29, 0.717) is 31.1 Å². The van der Waals surface area contributed by atoms with Crippen LogP contribution in [-0.4, -0.2) is 67.9 Å². The number of hydrogen-bond donors (Lipinski definition) is 1. The lowest BCUT2D eigenvalue weighted by atomic mass is 10.1. The summed E-state index contributed by atoms with van der Waals surface area (Å²) in [5.74, 6) is 0.726. The number of morpholine rings is 1. The summed E-state index contributed by atoms with van der Waals surface area (Å²) in [6.07, 6.45) is -1.74. The Morgan fingerprint density at radius 3 is 2.85 bits per heavy atom. The first-order valence-corrected chi connectivity index (χ1v) is 9.55. The quantitative estimate of drug-likeness (QED) is 0.629. The molecule has 0 spiro atoms. The normalized spacial score (nSPS) is 24.9. The summed E-state index contributed by atoms with van der Waals surface area (Å²) in [5, 5.41) is 4.72. The first-order chi connectivity index (χ1) is 12.5. The van der Waals surface area contributed by atoms with Crippen molar-refractivity contribution in [2.75, 3.05) is 39.9 Å². The molecule has 2 saturated heterocycles. The van der Waals surface area contributed by atoms with Crippen LogP contribution in [0.15, 0.2) is 10.4 Å². The second-order valence-corrected chi connectivity index (χ2v) is 7.20. The number of hydrogen-bond acceptors (Lipinski definition) is 5. The van der Waals surface area contributed by atoms with Gasteiger partial charge in [0.2, 0.25) is 0 Å². The number of alkyl halides is 3. The SMILES string of the molecule is CN=C(NCCc1nc(C(F)(F)F)cs1)N1CCOC(C2CCCO2)C1. The molecule has 2 aliphatic rings. The summed E-state index contributed by atoms with van der Waals surface area (Å²) in [6.45, 7) is 3.27. The largest absolute Gasteiger partial charge is 0.434 e. The van der Waals surface area contributed by atoms with Gasteiger partial charge in [0.05, 0.1) is 17.7 Å². The molecule has 6 nitrogen and oxygen atoms in total. The highest BCUT2D eigenvalue weighted by Gasteiger charge is 2.34. The molecule has 0 bridgehead atoms. The van der Waals surface area contributed by atoms with Gasteiger partial charge in [-0.1, -0.05) is 0 Å². The van der Waals surface area contributed by atoms with Crippen LogP contribution in [0.5, 0.6) is 0 Å². The molecule has 2 unspecified atom stereocenters. The topological polar surface area (TPSA) is 59.0 Å². The third-order valence-corrected chi connectivity index (χ3v) is 5.36. The minimum absolute atomic E-state index is 0.0260. The van der Waals surface area contributed by atoms with Crippen molar-refractivity contribution in [2.45, 2.75) is 37.6 Å². The third-order valence-electron chi connectivity index (χ3n) is 4.45. The first kappa shape index (κ1) is 19.4. The molecule has 1 aromatic heterocycles. The van der Waals surface area contributed by atoms with E-state index in [1.54, 1.807) is 7.05 Å². The molecule has 146 valence electrons. The Morgan fingerprint density at radius 2 is 2.19 bits per heavy atom. The predicted molar refractivity (Wildman–Crippen MR) is 92.5 cm³/mol. The van der Waals surface area contributed by atoms with Gasteiger partial charge in [0.25, 0.3) is 0 Å². The number of thiazole rings is 1. The second kappa shape index (κ2) is 8.53. The molecule has 1 aromatic rings. The zero-order chi connectivity index (χ0) is 18.6. The molecule has 26 heavy (non-hydrogen) atoms. The van der Waals surface area contributed by atoms with Crippen molar-refractivity contribution in [1.29, 1.82) is 0 Å². The van der Waals surface area contributed by atoms with Crippen LogP contribution in [0.3, 0.4) is 0 Å². The average Bonchev–Trinajstić information content (AvgIpc) is 3.30. The van der Waals surface area contributed by atoms with E-state index in [2.05, 4.69) is 20.2 Å². The molecular weight excluding hydrogens is 369 g/mol. The maximum atomic E-state index is 12.6. The number of nitrogens with one attached hydrogen (secondary N) is 1. The van der Waals surface area contributed by atoms with Crippen molar-refractivity contribution in [1.82, 2.24) is 15.2 Å². The van der Waals surface area contributed by atoms with Crippen LogP contribution in [0, 0.1) is 0 Å². The predicted octanol–water partition coefficient (Wildman–Crippen LogP) is 2.16. The van der Waals surface area contributed by atoms with E-state index < -0.39 is 11.9 Å². The van der Waals surface area contributed by atoms with E-state index in [9.17, 15) is 13.2 Å². The van der Waals surface area contributed by atoms with Crippen LogP contribution in [0.25, 0.3) is 0 Å². The Morgan fingerprint density at radius 1 is 1.38 bits per heavy atom. The average molecular weight is 392 g/mol. The van der Waals surface area contributed by atoms with Crippen molar-refractivity contribution in [3.05, 3.63) is 16.1 Å². The molecule has 3 heterocycles. The highest BCUT2D eigenvalue weighted by Crippen LogP contribution is 2.30. The number of halogens is 3. The highest BCUT2D eigenvalue weighted by molar-refractivity contribution is 7.09. The summed E-state index contributed by atoms with van der Waals surface area (Å²) in [4.78, 5) is 10.0. The summed E-state index contributed by atoms with van der Waals surface area (Å²) in [7, 11) is 1.70. The molecule has 2 atom stereocenters. The van der Waals surface area contributed by atoms with E-state index in [0.717, 1.165) is 48.7 Å². The molecule has 0 aliphatic carbocycles. The van der Waals surface area contributed by atoms with E-state index in [1.165, 1.54) is 0 Å². The van der Waals surface area contributed by atoms with Gasteiger partial charge >= 0.3 is 6.18 Å². The molecule has 0 saturated carbocycles. The van der Waals surface area contributed by atoms with Crippen LogP contribution < -0.4 is 5.32 Å². The summed E-state index contributed by atoms with van der Waals surface area (Å²) in [5.41, 5.74) is -0.825. The number of rotatable bonds is 4. The van der Waals surface area contributed by atoms with E-state index in [-0.39, 0.29) is 12.2 Å². The maximum Gasteiger partial charge on any atom is 0.434 e. The fourth-order valence-corrected chi connectivity index (χ4v) is 3.96. The van der Waals surface area contributed by atoms with Gasteiger partial charge in [-0.2, -0.15) is 13.2 Å². The van der Waals surface area contributed by atoms with E-state index in [1.807, 2.05) is 0 Å². The first-order valence-electron chi connectivity index (χ1n) is 8.68. The molecule has 2 fully saturated rings. The third kappa shape index (κ3) is 4.86. The molecule has 10 heteroatoms. The van der Waals surface area contributed by atoms with Crippen molar-refractivity contribution < 1.29 is 22.6 Å². The summed E-state index contributed by atoms with van der Waals surface area (Å²) in [6, 6.07) is 0. The second-order valence-electron chi connectivity index (χ2n) is 6.25. The van der Waals surface area contributed by atoms with Crippen molar-refractivity contribution >= 4 is 17.3 Å². The van der Waals surface area contributed by atoms with Gasteiger partial charge < -0.3 is 19.7 Å². The minimum atomic E-state index is -4.39. The van der Waals surface area contributed by atoms with Gasteiger partial charge in [0.15, 0.2) is 11.7 Å². The molecule has 0 radical (unpaired) electrons. The lowest BCUT2D eigenvalue weighted by Crippen LogP contribution is -2.53. The van der Waals surface area contributed by atoms with E-state index >= 15 is 0 Å². The molecule has 3 rings (SSSR count). The van der Waals surface area contributed by atoms with Crippen molar-refractivity contribution in [2.24, 2.45) is 4.99 Å². The van der Waals surface area contributed by atoms with Crippen LogP contribution in [0.4, 0.5) is 13.2 Å². The van der Waals surface area contributed by atoms with Gasteiger partial charge in [0, 0.05) is 45.1 Å². The number of ether oxygens (including phenoxy) is 2. The Labute approximate surface area is 154 Å². The number of guanidine groups is 1. The standard InChI is InChI=1S/C16H23F3N4O2S/c1-20-15(21-5-4-14-22-13(10-26-14)16(17,18)19)23-6-8-25-12(9-23)11-3-2-7-24-11/h10-12H,2-9H2,1H3,(H,20,21). The summed E-state index contributed by atoms with van der Waals surface area (Å²) < 4.78 is 49.3. The van der Waals surface area contributed by atoms with Crippen molar-refractivity contribution in [3.8, 4) is 0 Å². The van der Waals surface area contributed by atoms with Crippen LogP contribution in [-0.2, 0) is 22.1 Å². The molecule has 0 aromatic carbocycles. The lowest BCUT2D eigenvalue weighted by molar-refractivity contribution is -0.140. The van der Waals surface area contributed by atoms with Gasteiger partial charge in [-0.25, -0.2) is 4.98 Å². The lowest BCUT2D eigenvalue weighted by Gasteiger charge is -2.37. The van der Waals surface area contributed by atoms with Gasteiger partial charge in [-0.05, 0) is 12.8 Å². The Balaban J connectivity index is 1.49. The molecular formula is C16H23F3N4O2S. The van der Waals surface area contributed by atoms with Crippen LogP contribution >= 0.6 is 11.3 Å². The molecule has 1 N–H and O–H groups in total. The van der Waals surface area contributed by atoms with Gasteiger partial charge in [-0.3, -0.25) is 4.99 Å². The van der Waals surface area contributed by atoms with Crippen LogP contribution in [0.2, 0.25) is 0 Å². The fourth-order valence-electron chi connectivity index (χ4n) is 3.16. The minimum Gasteiger partial charge on any atom is -0.375 e. The fraction of sp³-hybridized carbons (Fsp3) is 0.750. The Kier molecular flexibility index (Phi) is 6.36. The Hall–Kier alpha value is -1.39. The van der Waals surface area contributed by atoms with E-state index in [4.69, 9.17) is 9.47 Å². The van der Waals surface area contributed by atoms with Crippen molar-refractivity contribution in [3.63, 3.8) is 0 Å². The molecule has 0 amide bonds. The number of nitrogens with zero attached hydrogens (tertiary/aromatic N) is 3. The Bertz CT molecular complexity index is 617. The zero-order valence-electron chi connectivity index (χ0n) is 14.6. The summed E-state index contributed by atoms with van der Waals surface area (Å²) >= 11 is 1.03. The molecule has 2 aliphatic heterocycles. The maximum absolute atomic E-state index is 12.6. The van der Waals surface area contributed by atoms with Gasteiger partial charge in [-0.15, -0.1) is 11.3 Å². The smallest absolute Gasteiger partial charge is 0.375 e. The van der Waals surface area contributed by atoms with Crippen LogP contribution in [0.1, 0.15) is 23.5 Å².